The maximum absolute atomic E-state index is 12.2. The standard InChI is InChI=1S/C14H15ClN2O2/c1-3-12-13(18)8(2)14(19)17(12)10-5-4-9(7-16)11(15)6-10/h4-6,8,12-13,18H,3H2,1-2H3/t8-,12+,13-/m1/s1. The predicted molar refractivity (Wildman–Crippen MR) is 72.9 cm³/mol. The van der Waals surface area contributed by atoms with E-state index in [1.165, 1.54) is 0 Å². The van der Waals surface area contributed by atoms with Crippen molar-refractivity contribution in [3.8, 4) is 6.07 Å². The van der Waals surface area contributed by atoms with Gasteiger partial charge in [0.15, 0.2) is 0 Å². The predicted octanol–water partition coefficient (Wildman–Crippen LogP) is 2.33. The lowest BCUT2D eigenvalue weighted by atomic mass is 10.0. The minimum Gasteiger partial charge on any atom is -0.390 e. The van der Waals surface area contributed by atoms with E-state index < -0.39 is 12.0 Å². The van der Waals surface area contributed by atoms with E-state index in [0.29, 0.717) is 22.7 Å². The average Bonchev–Trinajstić information content (AvgIpc) is 2.62. The summed E-state index contributed by atoms with van der Waals surface area (Å²) in [5.41, 5.74) is 1.00. The average molecular weight is 279 g/mol. The number of rotatable bonds is 2. The number of aliphatic hydroxyl groups is 1. The molecule has 3 atom stereocenters. The van der Waals surface area contributed by atoms with Gasteiger partial charge in [0.2, 0.25) is 5.91 Å². The number of hydrogen-bond donors (Lipinski definition) is 1. The molecule has 0 spiro atoms. The topological polar surface area (TPSA) is 64.3 Å². The van der Waals surface area contributed by atoms with Gasteiger partial charge >= 0.3 is 0 Å². The maximum Gasteiger partial charge on any atom is 0.232 e. The first kappa shape index (κ1) is 13.9. The second-order valence-corrected chi connectivity index (χ2v) is 5.15. The zero-order valence-corrected chi connectivity index (χ0v) is 11.6. The second-order valence-electron chi connectivity index (χ2n) is 4.74. The van der Waals surface area contributed by atoms with E-state index in [1.807, 2.05) is 13.0 Å². The Morgan fingerprint density at radius 3 is 2.74 bits per heavy atom. The van der Waals surface area contributed by atoms with Gasteiger partial charge in [-0.05, 0) is 24.6 Å². The number of nitriles is 1. The molecule has 0 bridgehead atoms. The number of amides is 1. The zero-order chi connectivity index (χ0) is 14.2. The molecule has 1 heterocycles. The fourth-order valence-electron chi connectivity index (χ4n) is 2.50. The van der Waals surface area contributed by atoms with Crippen LogP contribution in [0.3, 0.4) is 0 Å². The summed E-state index contributed by atoms with van der Waals surface area (Å²) in [6.45, 7) is 3.65. The SMILES string of the molecule is CC[C@H]1[C@H](O)[C@@H](C)C(=O)N1c1ccc(C#N)c(Cl)c1. The number of carbonyl (C=O) groups is 1. The molecule has 5 heteroatoms. The van der Waals surface area contributed by atoms with Crippen LogP contribution in [0.15, 0.2) is 18.2 Å². The number of nitrogens with zero attached hydrogens (tertiary/aromatic N) is 2. The number of carbonyl (C=O) groups excluding carboxylic acids is 1. The van der Waals surface area contributed by atoms with E-state index in [2.05, 4.69) is 0 Å². The summed E-state index contributed by atoms with van der Waals surface area (Å²) in [6.07, 6.45) is -0.0126. The van der Waals surface area contributed by atoms with Crippen molar-refractivity contribution >= 4 is 23.2 Å². The molecule has 1 saturated heterocycles. The Balaban J connectivity index is 2.43. The minimum absolute atomic E-state index is 0.111. The van der Waals surface area contributed by atoms with Crippen molar-refractivity contribution in [2.75, 3.05) is 4.90 Å². The number of anilines is 1. The number of hydrogen-bond acceptors (Lipinski definition) is 3. The zero-order valence-electron chi connectivity index (χ0n) is 10.8. The Morgan fingerprint density at radius 2 is 2.21 bits per heavy atom. The van der Waals surface area contributed by atoms with Gasteiger partial charge in [-0.3, -0.25) is 4.79 Å². The Labute approximate surface area is 117 Å². The van der Waals surface area contributed by atoms with Crippen LogP contribution < -0.4 is 4.90 Å². The third kappa shape index (κ3) is 2.20. The molecule has 0 saturated carbocycles. The van der Waals surface area contributed by atoms with Crippen LogP contribution in [0.2, 0.25) is 5.02 Å². The van der Waals surface area contributed by atoms with Crippen molar-refractivity contribution in [1.29, 1.82) is 5.26 Å². The van der Waals surface area contributed by atoms with Crippen LogP contribution >= 0.6 is 11.6 Å². The van der Waals surface area contributed by atoms with E-state index >= 15 is 0 Å². The van der Waals surface area contributed by atoms with Gasteiger partial charge in [0, 0.05) is 5.69 Å². The molecular formula is C14H15ClN2O2. The third-order valence-electron chi connectivity index (χ3n) is 3.63. The van der Waals surface area contributed by atoms with Crippen LogP contribution in [0.4, 0.5) is 5.69 Å². The van der Waals surface area contributed by atoms with Crippen LogP contribution in [0.5, 0.6) is 0 Å². The monoisotopic (exact) mass is 278 g/mol. The smallest absolute Gasteiger partial charge is 0.232 e. The summed E-state index contributed by atoms with van der Waals surface area (Å²) in [7, 11) is 0. The molecule has 19 heavy (non-hydrogen) atoms. The van der Waals surface area contributed by atoms with E-state index in [4.69, 9.17) is 16.9 Å². The van der Waals surface area contributed by atoms with Crippen LogP contribution in [-0.4, -0.2) is 23.2 Å². The molecule has 2 rings (SSSR count). The first-order valence-corrected chi connectivity index (χ1v) is 6.59. The molecule has 0 unspecified atom stereocenters. The van der Waals surface area contributed by atoms with E-state index in [1.54, 1.807) is 30.0 Å². The summed E-state index contributed by atoms with van der Waals surface area (Å²) in [5, 5.41) is 19.3. The van der Waals surface area contributed by atoms with Crippen molar-refractivity contribution in [2.24, 2.45) is 5.92 Å². The quantitative estimate of drug-likeness (QED) is 0.903. The van der Waals surface area contributed by atoms with Crippen LogP contribution in [-0.2, 0) is 4.79 Å². The molecule has 1 fully saturated rings. The van der Waals surface area contributed by atoms with E-state index in [9.17, 15) is 9.90 Å². The first-order chi connectivity index (χ1) is 9.01. The van der Waals surface area contributed by atoms with Crippen LogP contribution in [0.25, 0.3) is 0 Å². The summed E-state index contributed by atoms with van der Waals surface area (Å²) >= 11 is 6.00. The van der Waals surface area contributed by atoms with Crippen molar-refractivity contribution in [3.63, 3.8) is 0 Å². The lowest BCUT2D eigenvalue weighted by Gasteiger charge is -2.25. The van der Waals surface area contributed by atoms with Crippen LogP contribution in [0.1, 0.15) is 25.8 Å². The van der Waals surface area contributed by atoms with Crippen LogP contribution in [0, 0.1) is 17.2 Å². The molecule has 1 aromatic rings. The number of aliphatic hydroxyl groups excluding tert-OH is 1. The highest BCUT2D eigenvalue weighted by Gasteiger charge is 2.44. The lowest BCUT2D eigenvalue weighted by Crippen LogP contribution is -2.36. The van der Waals surface area contributed by atoms with E-state index in [0.717, 1.165) is 0 Å². The van der Waals surface area contributed by atoms with E-state index in [-0.39, 0.29) is 11.9 Å². The van der Waals surface area contributed by atoms with Gasteiger partial charge in [-0.2, -0.15) is 5.26 Å². The summed E-state index contributed by atoms with van der Waals surface area (Å²) in [4.78, 5) is 13.8. The maximum atomic E-state index is 12.2. The molecule has 0 aliphatic carbocycles. The van der Waals surface area contributed by atoms with Gasteiger partial charge in [0.1, 0.15) is 6.07 Å². The minimum atomic E-state index is -0.674. The van der Waals surface area contributed by atoms with Gasteiger partial charge in [-0.15, -0.1) is 0 Å². The molecule has 1 aliphatic rings. The highest BCUT2D eigenvalue weighted by molar-refractivity contribution is 6.32. The number of benzene rings is 1. The first-order valence-electron chi connectivity index (χ1n) is 6.22. The van der Waals surface area contributed by atoms with Gasteiger partial charge in [-0.25, -0.2) is 0 Å². The largest absolute Gasteiger partial charge is 0.390 e. The third-order valence-corrected chi connectivity index (χ3v) is 3.95. The fourth-order valence-corrected chi connectivity index (χ4v) is 2.72. The lowest BCUT2D eigenvalue weighted by molar-refractivity contribution is -0.121. The number of halogens is 1. The normalized spacial score (nSPS) is 26.6. The molecule has 0 aromatic heterocycles. The fraction of sp³-hybridized carbons (Fsp3) is 0.429. The van der Waals surface area contributed by atoms with Gasteiger partial charge in [0.05, 0.1) is 28.6 Å². The second kappa shape index (κ2) is 5.20. The van der Waals surface area contributed by atoms with Crippen molar-refractivity contribution in [2.45, 2.75) is 32.4 Å². The highest BCUT2D eigenvalue weighted by atomic mass is 35.5. The van der Waals surface area contributed by atoms with Gasteiger partial charge in [-0.1, -0.05) is 25.4 Å². The Hall–Kier alpha value is -1.57. The molecular weight excluding hydrogens is 264 g/mol. The highest BCUT2D eigenvalue weighted by Crippen LogP contribution is 2.34. The summed E-state index contributed by atoms with van der Waals surface area (Å²) < 4.78 is 0. The molecule has 1 N–H and O–H groups in total. The molecule has 100 valence electrons. The Morgan fingerprint density at radius 1 is 1.53 bits per heavy atom. The van der Waals surface area contributed by atoms with Crippen molar-refractivity contribution in [1.82, 2.24) is 0 Å². The van der Waals surface area contributed by atoms with Crippen molar-refractivity contribution in [3.05, 3.63) is 28.8 Å². The molecule has 0 radical (unpaired) electrons. The summed E-state index contributed by atoms with van der Waals surface area (Å²) in [5.74, 6) is -0.528. The molecule has 1 aromatic carbocycles. The molecule has 4 nitrogen and oxygen atoms in total. The van der Waals surface area contributed by atoms with Crippen molar-refractivity contribution < 1.29 is 9.90 Å². The summed E-state index contributed by atoms with van der Waals surface area (Å²) in [6, 6.07) is 6.62. The molecule has 1 aliphatic heterocycles. The van der Waals surface area contributed by atoms with Gasteiger partial charge in [0.25, 0.3) is 0 Å². The Bertz CT molecular complexity index is 553. The Kier molecular flexibility index (Phi) is 3.79. The molecule has 1 amide bonds. The van der Waals surface area contributed by atoms with Gasteiger partial charge < -0.3 is 10.0 Å².